The summed E-state index contributed by atoms with van der Waals surface area (Å²) in [5.74, 6) is 0.484. The summed E-state index contributed by atoms with van der Waals surface area (Å²) < 4.78 is 1.80. The van der Waals surface area contributed by atoms with Gasteiger partial charge in [0.2, 0.25) is 5.91 Å². The Morgan fingerprint density at radius 1 is 1.36 bits per heavy atom. The molecule has 1 N–H and O–H groups in total. The molecule has 130 valence electrons. The van der Waals surface area contributed by atoms with Crippen molar-refractivity contribution in [1.82, 2.24) is 24.6 Å². The largest absolute Gasteiger partial charge is 0.343 e. The van der Waals surface area contributed by atoms with Crippen molar-refractivity contribution in [2.45, 2.75) is 39.2 Å². The van der Waals surface area contributed by atoms with Crippen LogP contribution in [0.3, 0.4) is 0 Å². The highest BCUT2D eigenvalue weighted by Crippen LogP contribution is 2.28. The highest BCUT2D eigenvalue weighted by Gasteiger charge is 2.26. The summed E-state index contributed by atoms with van der Waals surface area (Å²) in [5, 5.41) is 5.53. The molecule has 25 heavy (non-hydrogen) atoms. The first-order chi connectivity index (χ1) is 12.1. The van der Waals surface area contributed by atoms with Crippen LogP contribution in [0.5, 0.6) is 0 Å². The highest BCUT2D eigenvalue weighted by atomic mass is 16.2. The minimum Gasteiger partial charge on any atom is -0.343 e. The number of likely N-dealkylation sites (tertiary alicyclic amines) is 1. The van der Waals surface area contributed by atoms with Crippen LogP contribution < -0.4 is 0 Å². The van der Waals surface area contributed by atoms with Crippen molar-refractivity contribution in [1.29, 1.82) is 0 Å². The Morgan fingerprint density at radius 2 is 2.24 bits per heavy atom. The molecule has 4 heterocycles. The smallest absolute Gasteiger partial charge is 0.244 e. The molecule has 3 aromatic heterocycles. The number of rotatable bonds is 3. The number of carbonyl (C=O) groups excluding carboxylic acids is 1. The molecule has 4 rings (SSSR count). The first kappa shape index (κ1) is 15.9. The summed E-state index contributed by atoms with van der Waals surface area (Å²) in [6, 6.07) is 8.19. The lowest BCUT2D eigenvalue weighted by molar-refractivity contribution is -0.133. The standard InChI is InChI=1S/C19H23N5O/c1-13-9-14(2)24(22-13)12-18(25)23-8-4-6-16(11-23)17-10-15-5-3-7-20-19(15)21-17/h3,5,7,9-10,16H,4,6,8,11-12H2,1-2H3,(H,20,21)/t16-/m0/s1. The van der Waals surface area contributed by atoms with Crippen LogP contribution in [0, 0.1) is 13.8 Å². The van der Waals surface area contributed by atoms with Gasteiger partial charge in [-0.15, -0.1) is 0 Å². The number of hydrogen-bond donors (Lipinski definition) is 1. The van der Waals surface area contributed by atoms with Gasteiger partial charge in [-0.1, -0.05) is 0 Å². The van der Waals surface area contributed by atoms with E-state index in [0.29, 0.717) is 12.5 Å². The number of aromatic nitrogens is 4. The topological polar surface area (TPSA) is 66.8 Å². The average Bonchev–Trinajstić information content (AvgIpc) is 3.18. The monoisotopic (exact) mass is 337 g/mol. The third kappa shape index (κ3) is 3.16. The predicted octanol–water partition coefficient (Wildman–Crippen LogP) is 2.78. The van der Waals surface area contributed by atoms with Crippen LogP contribution in [0.4, 0.5) is 0 Å². The van der Waals surface area contributed by atoms with Crippen LogP contribution in [0.15, 0.2) is 30.5 Å². The molecule has 0 bridgehead atoms. The van der Waals surface area contributed by atoms with E-state index >= 15 is 0 Å². The zero-order valence-electron chi connectivity index (χ0n) is 14.7. The molecule has 6 heteroatoms. The quantitative estimate of drug-likeness (QED) is 0.799. The average molecular weight is 337 g/mol. The van der Waals surface area contributed by atoms with E-state index in [4.69, 9.17) is 0 Å². The maximum atomic E-state index is 12.7. The van der Waals surface area contributed by atoms with Crippen LogP contribution in [-0.4, -0.2) is 43.6 Å². The molecule has 6 nitrogen and oxygen atoms in total. The van der Waals surface area contributed by atoms with Crippen molar-refractivity contribution < 1.29 is 4.79 Å². The number of piperidine rings is 1. The number of pyridine rings is 1. The Balaban J connectivity index is 1.48. The minimum absolute atomic E-state index is 0.144. The van der Waals surface area contributed by atoms with E-state index in [1.807, 2.05) is 30.9 Å². The highest BCUT2D eigenvalue weighted by molar-refractivity contribution is 5.77. The lowest BCUT2D eigenvalue weighted by Crippen LogP contribution is -2.41. The zero-order valence-corrected chi connectivity index (χ0v) is 14.7. The summed E-state index contributed by atoms with van der Waals surface area (Å²) in [6.07, 6.45) is 3.92. The molecule has 1 amide bonds. The Kier molecular flexibility index (Phi) is 4.03. The third-order valence-electron chi connectivity index (χ3n) is 5.01. The van der Waals surface area contributed by atoms with E-state index in [9.17, 15) is 4.79 Å². The molecule has 0 aromatic carbocycles. The second-order valence-corrected chi connectivity index (χ2v) is 6.93. The van der Waals surface area contributed by atoms with Gasteiger partial charge in [-0.05, 0) is 51.0 Å². The number of fused-ring (bicyclic) bond motifs is 1. The molecule has 0 spiro atoms. The first-order valence-corrected chi connectivity index (χ1v) is 8.82. The van der Waals surface area contributed by atoms with Gasteiger partial charge in [0.25, 0.3) is 0 Å². The molecular weight excluding hydrogens is 314 g/mol. The number of aryl methyl sites for hydroxylation is 2. The predicted molar refractivity (Wildman–Crippen MR) is 96.3 cm³/mol. The Labute approximate surface area is 146 Å². The van der Waals surface area contributed by atoms with Crippen LogP contribution in [0.25, 0.3) is 11.0 Å². The van der Waals surface area contributed by atoms with Gasteiger partial charge in [0.15, 0.2) is 0 Å². The maximum Gasteiger partial charge on any atom is 0.244 e. The minimum atomic E-state index is 0.144. The number of hydrogen-bond acceptors (Lipinski definition) is 3. The van der Waals surface area contributed by atoms with Gasteiger partial charge < -0.3 is 9.88 Å². The zero-order chi connectivity index (χ0) is 17.4. The summed E-state index contributed by atoms with van der Waals surface area (Å²) in [5.41, 5.74) is 4.08. The molecule has 1 saturated heterocycles. The van der Waals surface area contributed by atoms with Gasteiger partial charge in [0, 0.05) is 42.0 Å². The second kappa shape index (κ2) is 6.35. The van der Waals surface area contributed by atoms with E-state index in [1.54, 1.807) is 10.9 Å². The van der Waals surface area contributed by atoms with Gasteiger partial charge in [-0.2, -0.15) is 5.10 Å². The van der Waals surface area contributed by atoms with Gasteiger partial charge in [-0.3, -0.25) is 9.48 Å². The second-order valence-electron chi connectivity index (χ2n) is 6.93. The lowest BCUT2D eigenvalue weighted by Gasteiger charge is -2.32. The molecule has 1 atom stereocenters. The van der Waals surface area contributed by atoms with Crippen LogP contribution >= 0.6 is 0 Å². The van der Waals surface area contributed by atoms with E-state index < -0.39 is 0 Å². The van der Waals surface area contributed by atoms with E-state index in [1.165, 1.54) is 5.69 Å². The number of nitrogens with one attached hydrogen (secondary N) is 1. The van der Waals surface area contributed by atoms with Gasteiger partial charge in [0.1, 0.15) is 12.2 Å². The number of amides is 1. The Morgan fingerprint density at radius 3 is 3.00 bits per heavy atom. The SMILES string of the molecule is Cc1cc(C)n(CC(=O)N2CCC[C@H](c3cc4cccnc4[nH]3)C2)n1. The maximum absolute atomic E-state index is 12.7. The van der Waals surface area contributed by atoms with Crippen LogP contribution in [0.1, 0.15) is 35.8 Å². The Hall–Kier alpha value is -2.63. The number of carbonyl (C=O) groups is 1. The van der Waals surface area contributed by atoms with E-state index in [0.717, 1.165) is 48.4 Å². The van der Waals surface area contributed by atoms with Crippen molar-refractivity contribution in [3.05, 3.63) is 47.5 Å². The molecule has 0 radical (unpaired) electrons. The molecule has 1 aliphatic rings. The normalized spacial score (nSPS) is 18.0. The fourth-order valence-electron chi connectivity index (χ4n) is 3.72. The summed E-state index contributed by atoms with van der Waals surface area (Å²) >= 11 is 0. The summed E-state index contributed by atoms with van der Waals surface area (Å²) in [4.78, 5) is 22.5. The number of aromatic amines is 1. The van der Waals surface area contributed by atoms with Crippen molar-refractivity contribution in [3.63, 3.8) is 0 Å². The molecular formula is C19H23N5O. The van der Waals surface area contributed by atoms with E-state index in [2.05, 4.69) is 27.2 Å². The van der Waals surface area contributed by atoms with Gasteiger partial charge >= 0.3 is 0 Å². The fraction of sp³-hybridized carbons (Fsp3) is 0.421. The van der Waals surface area contributed by atoms with E-state index in [-0.39, 0.29) is 5.91 Å². The summed E-state index contributed by atoms with van der Waals surface area (Å²) in [7, 11) is 0. The Bertz CT molecular complexity index is 877. The molecule has 0 saturated carbocycles. The van der Waals surface area contributed by atoms with Gasteiger partial charge in [0.05, 0.1) is 5.69 Å². The first-order valence-electron chi connectivity index (χ1n) is 8.82. The fourth-order valence-corrected chi connectivity index (χ4v) is 3.72. The molecule has 0 unspecified atom stereocenters. The number of nitrogens with zero attached hydrogens (tertiary/aromatic N) is 4. The van der Waals surface area contributed by atoms with Crippen molar-refractivity contribution in [3.8, 4) is 0 Å². The van der Waals surface area contributed by atoms with Crippen molar-refractivity contribution >= 4 is 16.9 Å². The van der Waals surface area contributed by atoms with Crippen molar-refractivity contribution in [2.75, 3.05) is 13.1 Å². The van der Waals surface area contributed by atoms with Crippen molar-refractivity contribution in [2.24, 2.45) is 0 Å². The third-order valence-corrected chi connectivity index (χ3v) is 5.01. The molecule has 1 aliphatic heterocycles. The molecule has 3 aromatic rings. The molecule has 1 fully saturated rings. The van der Waals surface area contributed by atoms with Gasteiger partial charge in [-0.25, -0.2) is 4.98 Å². The lowest BCUT2D eigenvalue weighted by atomic mass is 9.94. The number of H-pyrrole nitrogens is 1. The summed E-state index contributed by atoms with van der Waals surface area (Å²) in [6.45, 7) is 5.84. The van der Waals surface area contributed by atoms with Crippen LogP contribution in [0.2, 0.25) is 0 Å². The molecule has 0 aliphatic carbocycles. The van der Waals surface area contributed by atoms with Crippen LogP contribution in [-0.2, 0) is 11.3 Å².